The zero-order chi connectivity index (χ0) is 20.0. The normalized spacial score (nSPS) is 12.7. The Labute approximate surface area is 155 Å². The van der Waals surface area contributed by atoms with E-state index < -0.39 is 40.6 Å². The number of benzene rings is 1. The maximum Gasteiger partial charge on any atom is 0.418 e. The van der Waals surface area contributed by atoms with Crippen LogP contribution in [0.15, 0.2) is 63.5 Å². The highest BCUT2D eigenvalue weighted by molar-refractivity contribution is 7.12. The molecule has 1 N–H and O–H groups in total. The first kappa shape index (κ1) is 20.3. The third kappa shape index (κ3) is 5.00. The number of aliphatic hydroxyl groups excluding tert-OH is 1. The van der Waals surface area contributed by atoms with Crippen LogP contribution in [-0.2, 0) is 15.7 Å². The molecular weight excluding hydrogens is 385 g/mol. The number of ketones is 1. The van der Waals surface area contributed by atoms with Crippen LogP contribution in [0.25, 0.3) is 0 Å². The first-order valence-corrected chi connectivity index (χ1v) is 8.40. The van der Waals surface area contributed by atoms with E-state index in [9.17, 15) is 27.9 Å². The number of hydrogen-bond acceptors (Lipinski definition) is 7. The number of halogens is 3. The molecule has 2 rings (SSSR count). The lowest BCUT2D eigenvalue weighted by Gasteiger charge is -2.08. The van der Waals surface area contributed by atoms with Gasteiger partial charge < -0.3 is 9.84 Å². The van der Waals surface area contributed by atoms with Crippen molar-refractivity contribution in [3.05, 3.63) is 63.7 Å². The molecule has 0 spiro atoms. The van der Waals surface area contributed by atoms with E-state index in [0.29, 0.717) is 0 Å². The van der Waals surface area contributed by atoms with Gasteiger partial charge in [0, 0.05) is 0 Å². The minimum atomic E-state index is -4.69. The predicted octanol–water partition coefficient (Wildman–Crippen LogP) is 5.07. The molecule has 2 aromatic rings. The smallest absolute Gasteiger partial charge is 0.418 e. The number of carbonyl (C=O) groups excluding carboxylic acids is 2. The number of rotatable bonds is 6. The minimum Gasteiger partial charge on any atom is -0.500 e. The monoisotopic (exact) mass is 398 g/mol. The van der Waals surface area contributed by atoms with Gasteiger partial charge in [-0.15, -0.1) is 21.6 Å². The zero-order valence-corrected chi connectivity index (χ0v) is 14.7. The Balaban J connectivity index is 2.50. The molecule has 0 aliphatic heterocycles. The molecule has 1 aromatic carbocycles. The van der Waals surface area contributed by atoms with Crippen LogP contribution in [0.3, 0.4) is 0 Å². The maximum absolute atomic E-state index is 13.0. The molecule has 0 aliphatic carbocycles. The molecule has 1 heterocycles. The van der Waals surface area contributed by atoms with Gasteiger partial charge in [0.2, 0.25) is 11.5 Å². The lowest BCUT2D eigenvalue weighted by molar-refractivity contribution is -0.141. The number of thiophene rings is 1. The van der Waals surface area contributed by atoms with E-state index in [-0.39, 0.29) is 11.5 Å². The number of alkyl halides is 3. The number of esters is 1. The quantitative estimate of drug-likeness (QED) is 0.242. The van der Waals surface area contributed by atoms with Gasteiger partial charge in [0.25, 0.3) is 0 Å². The van der Waals surface area contributed by atoms with Gasteiger partial charge in [0.15, 0.2) is 5.70 Å². The van der Waals surface area contributed by atoms with Crippen LogP contribution < -0.4 is 0 Å². The van der Waals surface area contributed by atoms with Crippen LogP contribution in [0.2, 0.25) is 0 Å². The molecule has 0 atom stereocenters. The number of nitrogens with zero attached hydrogens (tertiary/aromatic N) is 2. The first-order chi connectivity index (χ1) is 12.8. The van der Waals surface area contributed by atoms with Crippen molar-refractivity contribution in [1.29, 1.82) is 0 Å². The third-order valence-corrected chi connectivity index (χ3v) is 3.99. The number of hydrogen-bond donors (Lipinski definition) is 1. The van der Waals surface area contributed by atoms with Crippen molar-refractivity contribution in [2.45, 2.75) is 13.1 Å². The molecule has 0 aliphatic rings. The van der Waals surface area contributed by atoms with Gasteiger partial charge in [0.1, 0.15) is 0 Å². The van der Waals surface area contributed by atoms with E-state index in [1.54, 1.807) is 11.4 Å². The van der Waals surface area contributed by atoms with E-state index >= 15 is 0 Å². The van der Waals surface area contributed by atoms with Crippen molar-refractivity contribution in [1.82, 2.24) is 0 Å². The molecule has 27 heavy (non-hydrogen) atoms. The Morgan fingerprint density at radius 2 is 1.89 bits per heavy atom. The summed E-state index contributed by atoms with van der Waals surface area (Å²) >= 11 is 1.00. The first-order valence-electron chi connectivity index (χ1n) is 7.52. The Morgan fingerprint density at radius 3 is 2.48 bits per heavy atom. The van der Waals surface area contributed by atoms with Crippen molar-refractivity contribution < 1.29 is 32.6 Å². The Bertz CT molecular complexity index is 890. The van der Waals surface area contributed by atoms with Gasteiger partial charge in [0.05, 0.1) is 22.7 Å². The SMILES string of the molecule is CCOC(=O)/C(O)=C(\N=Nc1ccccc1C(F)(F)F)C(=O)c1cccs1. The summed E-state index contributed by atoms with van der Waals surface area (Å²) in [6.07, 6.45) is -4.69. The van der Waals surface area contributed by atoms with Crippen LogP contribution in [0.4, 0.5) is 18.9 Å². The highest BCUT2D eigenvalue weighted by Gasteiger charge is 2.33. The molecule has 0 unspecified atom stereocenters. The van der Waals surface area contributed by atoms with E-state index in [1.165, 1.54) is 25.1 Å². The molecule has 0 bridgehead atoms. The van der Waals surface area contributed by atoms with Gasteiger partial charge in [-0.1, -0.05) is 18.2 Å². The molecular formula is C17H13F3N2O4S. The molecule has 0 amide bonds. The summed E-state index contributed by atoms with van der Waals surface area (Å²) in [6, 6.07) is 7.27. The number of Topliss-reactive ketones (excluding diaryl/α,β-unsaturated/α-hetero) is 1. The van der Waals surface area contributed by atoms with Crippen LogP contribution in [0, 0.1) is 0 Å². The Morgan fingerprint density at radius 1 is 1.19 bits per heavy atom. The molecule has 1 aromatic heterocycles. The van der Waals surface area contributed by atoms with Gasteiger partial charge in [-0.25, -0.2) is 4.79 Å². The van der Waals surface area contributed by atoms with E-state index in [0.717, 1.165) is 23.5 Å². The van der Waals surface area contributed by atoms with E-state index in [4.69, 9.17) is 0 Å². The highest BCUT2D eigenvalue weighted by Crippen LogP contribution is 2.36. The Kier molecular flexibility index (Phi) is 6.45. The van der Waals surface area contributed by atoms with Gasteiger partial charge >= 0.3 is 12.1 Å². The standard InChI is InChI=1S/C17H13F3N2O4S/c1-2-26-16(25)15(24)13(14(23)12-8-5-9-27-12)22-21-11-7-4-3-6-10(11)17(18,19)20/h3-9,24H,2H2,1H3/b15-13+,22-21?. The summed E-state index contributed by atoms with van der Waals surface area (Å²) in [6.45, 7) is 1.39. The summed E-state index contributed by atoms with van der Waals surface area (Å²) in [5.74, 6) is -3.24. The summed E-state index contributed by atoms with van der Waals surface area (Å²) in [4.78, 5) is 24.3. The van der Waals surface area contributed by atoms with Crippen LogP contribution >= 0.6 is 11.3 Å². The van der Waals surface area contributed by atoms with Gasteiger partial charge in [-0.2, -0.15) is 13.2 Å². The molecule has 142 valence electrons. The molecule has 0 saturated carbocycles. The van der Waals surface area contributed by atoms with E-state index in [1.807, 2.05) is 0 Å². The topological polar surface area (TPSA) is 88.3 Å². The van der Waals surface area contributed by atoms with Crippen molar-refractivity contribution in [3.63, 3.8) is 0 Å². The van der Waals surface area contributed by atoms with E-state index in [2.05, 4.69) is 15.0 Å². The largest absolute Gasteiger partial charge is 0.500 e. The number of ether oxygens (including phenoxy) is 1. The van der Waals surface area contributed by atoms with Crippen LogP contribution in [0.1, 0.15) is 22.2 Å². The molecule has 10 heteroatoms. The minimum absolute atomic E-state index is 0.0859. The maximum atomic E-state index is 13.0. The van der Waals surface area contributed by atoms with Crippen LogP contribution in [0.5, 0.6) is 0 Å². The van der Waals surface area contributed by atoms with Crippen molar-refractivity contribution in [2.75, 3.05) is 6.61 Å². The van der Waals surface area contributed by atoms with Crippen molar-refractivity contribution in [2.24, 2.45) is 10.2 Å². The third-order valence-electron chi connectivity index (χ3n) is 3.12. The summed E-state index contributed by atoms with van der Waals surface area (Å²) in [7, 11) is 0. The Hall–Kier alpha value is -3.01. The molecule has 6 nitrogen and oxygen atoms in total. The fourth-order valence-electron chi connectivity index (χ4n) is 1.93. The van der Waals surface area contributed by atoms with Gasteiger partial charge in [-0.3, -0.25) is 4.79 Å². The average molecular weight is 398 g/mol. The molecule has 0 radical (unpaired) electrons. The van der Waals surface area contributed by atoms with Crippen molar-refractivity contribution >= 4 is 28.8 Å². The van der Waals surface area contributed by atoms with Crippen molar-refractivity contribution in [3.8, 4) is 0 Å². The number of aliphatic hydroxyl groups is 1. The zero-order valence-electron chi connectivity index (χ0n) is 13.9. The second-order valence-electron chi connectivity index (χ2n) is 4.94. The fourth-order valence-corrected chi connectivity index (χ4v) is 2.59. The molecule has 0 saturated heterocycles. The summed E-state index contributed by atoms with van der Waals surface area (Å²) < 4.78 is 43.7. The number of azo groups is 1. The predicted molar refractivity (Wildman–Crippen MR) is 90.9 cm³/mol. The lowest BCUT2D eigenvalue weighted by atomic mass is 10.2. The second kappa shape index (κ2) is 8.58. The molecule has 0 fully saturated rings. The fraction of sp³-hybridized carbons (Fsp3) is 0.176. The summed E-state index contributed by atoms with van der Waals surface area (Å²) in [5, 5.41) is 18.4. The second-order valence-corrected chi connectivity index (χ2v) is 5.89. The number of carbonyl (C=O) groups is 2. The lowest BCUT2D eigenvalue weighted by Crippen LogP contribution is -2.13. The number of allylic oxidation sites excluding steroid dienone is 1. The highest BCUT2D eigenvalue weighted by atomic mass is 32.1. The summed E-state index contributed by atoms with van der Waals surface area (Å²) in [5.41, 5.74) is -2.46. The average Bonchev–Trinajstić information content (AvgIpc) is 3.16. The van der Waals surface area contributed by atoms with Gasteiger partial charge in [-0.05, 0) is 30.5 Å². The van der Waals surface area contributed by atoms with Crippen LogP contribution in [-0.4, -0.2) is 23.5 Å².